The van der Waals surface area contributed by atoms with Crippen molar-refractivity contribution in [2.75, 3.05) is 13.1 Å². The summed E-state index contributed by atoms with van der Waals surface area (Å²) >= 11 is 5.70. The van der Waals surface area contributed by atoms with E-state index in [2.05, 4.69) is 38.5 Å². The number of carbonyl (C=O) groups is 1. The highest BCUT2D eigenvalue weighted by Crippen LogP contribution is 2.25. The zero-order valence-corrected chi connectivity index (χ0v) is 14.6. The van der Waals surface area contributed by atoms with Crippen molar-refractivity contribution in [2.45, 2.75) is 25.8 Å². The van der Waals surface area contributed by atoms with Gasteiger partial charge in [-0.25, -0.2) is 0 Å². The smallest absolute Gasteiger partial charge is 0.255 e. The fraction of sp³-hybridized carbons (Fsp3) is 0.500. The predicted molar refractivity (Wildman–Crippen MR) is 89.1 cm³/mol. The minimum atomic E-state index is 0.107. The van der Waals surface area contributed by atoms with Crippen molar-refractivity contribution >= 4 is 44.4 Å². The molecule has 19 heavy (non-hydrogen) atoms. The Morgan fingerprint density at radius 2 is 2.32 bits per heavy atom. The molecule has 5 heteroatoms. The topological polar surface area (TPSA) is 46.3 Å². The molecule has 0 bridgehead atoms. The lowest BCUT2D eigenvalue weighted by Crippen LogP contribution is -2.45. The molecule has 1 heterocycles. The van der Waals surface area contributed by atoms with E-state index in [0.717, 1.165) is 39.5 Å². The average Bonchev–Trinajstić information content (AvgIpc) is 2.41. The fourth-order valence-electron chi connectivity index (χ4n) is 2.46. The summed E-state index contributed by atoms with van der Waals surface area (Å²) in [6.07, 6.45) is 2.16. The third-order valence-corrected chi connectivity index (χ3v) is 5.01. The van der Waals surface area contributed by atoms with Gasteiger partial charge < -0.3 is 10.6 Å². The first-order valence-electron chi connectivity index (χ1n) is 6.49. The number of carbonyl (C=O) groups excluding carboxylic acids is 1. The van der Waals surface area contributed by atoms with Crippen LogP contribution in [0.2, 0.25) is 0 Å². The van der Waals surface area contributed by atoms with E-state index >= 15 is 0 Å². The molecule has 1 saturated heterocycles. The summed E-state index contributed by atoms with van der Waals surface area (Å²) in [4.78, 5) is 14.5. The van der Waals surface area contributed by atoms with Crippen LogP contribution in [0.4, 0.5) is 0 Å². The molecule has 1 fully saturated rings. The van der Waals surface area contributed by atoms with Gasteiger partial charge in [-0.3, -0.25) is 4.79 Å². The summed E-state index contributed by atoms with van der Waals surface area (Å²) in [7, 11) is 0. The highest BCUT2D eigenvalue weighted by atomic mass is 127. The second-order valence-electron chi connectivity index (χ2n) is 5.14. The first-order valence-corrected chi connectivity index (χ1v) is 8.36. The number of rotatable bonds is 2. The molecule has 1 amide bonds. The van der Waals surface area contributed by atoms with Gasteiger partial charge in [-0.2, -0.15) is 0 Å². The fourth-order valence-corrected chi connectivity index (χ4v) is 3.36. The lowest BCUT2D eigenvalue weighted by molar-refractivity contribution is 0.0660. The van der Waals surface area contributed by atoms with Gasteiger partial charge in [0.05, 0.1) is 5.56 Å². The van der Waals surface area contributed by atoms with Gasteiger partial charge >= 0.3 is 0 Å². The van der Waals surface area contributed by atoms with Crippen molar-refractivity contribution in [1.82, 2.24) is 4.90 Å². The Labute approximate surface area is 136 Å². The molecule has 1 aromatic rings. The number of likely N-dealkylation sites (tertiary alicyclic amines) is 1. The van der Waals surface area contributed by atoms with Crippen molar-refractivity contribution < 1.29 is 4.79 Å². The molecule has 1 aliphatic rings. The Balaban J connectivity index is 2.17. The maximum atomic E-state index is 12.6. The van der Waals surface area contributed by atoms with Gasteiger partial charge in [0.2, 0.25) is 0 Å². The molecule has 1 aliphatic heterocycles. The largest absolute Gasteiger partial charge is 0.338 e. The van der Waals surface area contributed by atoms with Crippen molar-refractivity contribution in [2.24, 2.45) is 11.7 Å². The number of hydrogen-bond acceptors (Lipinski definition) is 2. The second kappa shape index (κ2) is 6.54. The van der Waals surface area contributed by atoms with Crippen LogP contribution < -0.4 is 5.73 Å². The van der Waals surface area contributed by atoms with Gasteiger partial charge in [0, 0.05) is 27.2 Å². The molecule has 0 saturated carbocycles. The van der Waals surface area contributed by atoms with Gasteiger partial charge in [-0.05, 0) is 82.4 Å². The molecule has 0 radical (unpaired) electrons. The molecule has 0 spiro atoms. The van der Waals surface area contributed by atoms with Crippen LogP contribution in [0.5, 0.6) is 0 Å². The number of hydrogen-bond donors (Lipinski definition) is 1. The van der Waals surface area contributed by atoms with Crippen LogP contribution in [-0.4, -0.2) is 29.9 Å². The van der Waals surface area contributed by atoms with Gasteiger partial charge in [0.25, 0.3) is 5.91 Å². The Hall–Kier alpha value is -0.140. The molecular formula is C14H18BrIN2O. The predicted octanol–water partition coefficient (Wildman–Crippen LogP) is 3.25. The van der Waals surface area contributed by atoms with Crippen LogP contribution in [0.15, 0.2) is 22.7 Å². The van der Waals surface area contributed by atoms with E-state index in [-0.39, 0.29) is 11.9 Å². The number of piperidine rings is 1. The molecule has 0 aromatic heterocycles. The standard InChI is InChI=1S/C14H18BrIN2O/c1-9(17)10-3-2-6-18(8-10)14(19)12-7-11(16)4-5-13(12)15/h4-5,7,9-10H,2-3,6,8,17H2,1H3. The van der Waals surface area contributed by atoms with E-state index in [1.165, 1.54) is 0 Å². The SMILES string of the molecule is CC(N)C1CCCN(C(=O)c2cc(I)ccc2Br)C1. The summed E-state index contributed by atoms with van der Waals surface area (Å²) in [5, 5.41) is 0. The zero-order chi connectivity index (χ0) is 14.0. The highest BCUT2D eigenvalue weighted by Gasteiger charge is 2.27. The lowest BCUT2D eigenvalue weighted by atomic mass is 9.92. The molecule has 2 rings (SSSR count). The zero-order valence-electron chi connectivity index (χ0n) is 10.9. The summed E-state index contributed by atoms with van der Waals surface area (Å²) in [6.45, 7) is 3.63. The Kier molecular flexibility index (Phi) is 5.25. The van der Waals surface area contributed by atoms with E-state index in [9.17, 15) is 4.79 Å². The van der Waals surface area contributed by atoms with Gasteiger partial charge in [-0.1, -0.05) is 0 Å². The quantitative estimate of drug-likeness (QED) is 0.723. The number of nitrogens with two attached hydrogens (primary N) is 1. The van der Waals surface area contributed by atoms with Crippen LogP contribution in [0, 0.1) is 9.49 Å². The minimum Gasteiger partial charge on any atom is -0.338 e. The maximum Gasteiger partial charge on any atom is 0.255 e. The van der Waals surface area contributed by atoms with E-state index in [0.29, 0.717) is 5.92 Å². The van der Waals surface area contributed by atoms with E-state index < -0.39 is 0 Å². The van der Waals surface area contributed by atoms with Crippen LogP contribution >= 0.6 is 38.5 Å². The van der Waals surface area contributed by atoms with E-state index in [1.54, 1.807) is 0 Å². The minimum absolute atomic E-state index is 0.107. The maximum absolute atomic E-state index is 12.6. The van der Waals surface area contributed by atoms with Crippen molar-refractivity contribution in [3.8, 4) is 0 Å². The third kappa shape index (κ3) is 3.70. The van der Waals surface area contributed by atoms with Crippen molar-refractivity contribution in [3.05, 3.63) is 31.8 Å². The number of nitrogens with zero attached hydrogens (tertiary/aromatic N) is 1. The van der Waals surface area contributed by atoms with E-state index in [4.69, 9.17) is 5.73 Å². The summed E-state index contributed by atoms with van der Waals surface area (Å²) < 4.78 is 1.94. The van der Waals surface area contributed by atoms with Gasteiger partial charge in [0.1, 0.15) is 0 Å². The molecule has 3 nitrogen and oxygen atoms in total. The lowest BCUT2D eigenvalue weighted by Gasteiger charge is -2.34. The molecular weight excluding hydrogens is 419 g/mol. The van der Waals surface area contributed by atoms with Gasteiger partial charge in [-0.15, -0.1) is 0 Å². The monoisotopic (exact) mass is 436 g/mol. The first-order chi connectivity index (χ1) is 8.99. The van der Waals surface area contributed by atoms with E-state index in [1.807, 2.05) is 30.0 Å². The van der Waals surface area contributed by atoms with Crippen LogP contribution in [0.25, 0.3) is 0 Å². The Morgan fingerprint density at radius 3 is 3.00 bits per heavy atom. The number of benzene rings is 1. The van der Waals surface area contributed by atoms with Crippen LogP contribution in [0.3, 0.4) is 0 Å². The molecule has 2 unspecified atom stereocenters. The first kappa shape index (κ1) is 15.3. The molecule has 2 atom stereocenters. The Morgan fingerprint density at radius 1 is 1.58 bits per heavy atom. The van der Waals surface area contributed by atoms with Crippen molar-refractivity contribution in [3.63, 3.8) is 0 Å². The molecule has 2 N–H and O–H groups in total. The summed E-state index contributed by atoms with van der Waals surface area (Å²) in [5.41, 5.74) is 6.72. The number of halogens is 2. The third-order valence-electron chi connectivity index (χ3n) is 3.65. The van der Waals surface area contributed by atoms with Crippen molar-refractivity contribution in [1.29, 1.82) is 0 Å². The van der Waals surface area contributed by atoms with Crippen LogP contribution in [0.1, 0.15) is 30.1 Å². The van der Waals surface area contributed by atoms with Crippen LogP contribution in [-0.2, 0) is 0 Å². The summed E-state index contributed by atoms with van der Waals surface area (Å²) in [6, 6.07) is 6.00. The Bertz CT molecular complexity index is 479. The second-order valence-corrected chi connectivity index (χ2v) is 7.24. The van der Waals surface area contributed by atoms with Gasteiger partial charge in [0.15, 0.2) is 0 Å². The highest BCUT2D eigenvalue weighted by molar-refractivity contribution is 14.1. The molecule has 1 aromatic carbocycles. The molecule has 104 valence electrons. The average molecular weight is 437 g/mol. The normalized spacial score (nSPS) is 21.3. The summed E-state index contributed by atoms with van der Waals surface area (Å²) in [5.74, 6) is 0.523. The molecule has 0 aliphatic carbocycles. The number of amides is 1.